The van der Waals surface area contributed by atoms with Gasteiger partial charge in [-0.15, -0.1) is 11.3 Å². The van der Waals surface area contributed by atoms with E-state index in [0.29, 0.717) is 18.7 Å². The van der Waals surface area contributed by atoms with Crippen LogP contribution in [0.1, 0.15) is 33.1 Å². The van der Waals surface area contributed by atoms with Gasteiger partial charge >= 0.3 is 5.97 Å². The van der Waals surface area contributed by atoms with Crippen molar-refractivity contribution < 1.29 is 14.7 Å². The molecule has 1 N–H and O–H groups in total. The van der Waals surface area contributed by atoms with Gasteiger partial charge in [-0.2, -0.15) is 0 Å². The van der Waals surface area contributed by atoms with Gasteiger partial charge in [-0.05, 0) is 42.0 Å². The zero-order valence-corrected chi connectivity index (χ0v) is 12.4. The molecule has 2 aromatic rings. The molecule has 1 aromatic carbocycles. The fraction of sp³-hybridized carbons (Fsp3) is 0.250. The minimum atomic E-state index is -0.832. The molecule has 1 atom stereocenters. The highest BCUT2D eigenvalue weighted by Crippen LogP contribution is 2.36. The molecule has 4 nitrogen and oxygen atoms in total. The summed E-state index contributed by atoms with van der Waals surface area (Å²) in [6.07, 6.45) is 0.447. The molecule has 1 unspecified atom stereocenters. The molecule has 0 aliphatic carbocycles. The van der Waals surface area contributed by atoms with E-state index in [0.717, 1.165) is 16.0 Å². The Morgan fingerprint density at radius 2 is 2.05 bits per heavy atom. The number of carboxylic acid groups (broad SMARTS) is 1. The van der Waals surface area contributed by atoms with Crippen LogP contribution in [-0.2, 0) is 4.79 Å². The summed E-state index contributed by atoms with van der Waals surface area (Å²) >= 11 is 1.43. The summed E-state index contributed by atoms with van der Waals surface area (Å²) in [7, 11) is 0. The maximum atomic E-state index is 12.7. The van der Waals surface area contributed by atoms with Crippen LogP contribution >= 0.6 is 11.3 Å². The number of benzene rings is 1. The van der Waals surface area contributed by atoms with Crippen LogP contribution in [0.2, 0.25) is 0 Å². The highest BCUT2D eigenvalue weighted by Gasteiger charge is 2.33. The number of rotatable bonds is 2. The molecule has 1 aromatic heterocycles. The van der Waals surface area contributed by atoms with Gasteiger partial charge in [0.1, 0.15) is 0 Å². The van der Waals surface area contributed by atoms with Crippen molar-refractivity contribution in [3.05, 3.63) is 51.7 Å². The zero-order valence-electron chi connectivity index (χ0n) is 11.6. The van der Waals surface area contributed by atoms with Crippen molar-refractivity contribution in [1.82, 2.24) is 0 Å². The third-order valence-electron chi connectivity index (χ3n) is 3.84. The van der Waals surface area contributed by atoms with Crippen LogP contribution in [0.5, 0.6) is 0 Å². The Balaban J connectivity index is 2.02. The third-order valence-corrected chi connectivity index (χ3v) is 4.85. The van der Waals surface area contributed by atoms with Crippen molar-refractivity contribution in [2.24, 2.45) is 0 Å². The highest BCUT2D eigenvalue weighted by molar-refractivity contribution is 7.12. The number of hydrogen-bond acceptors (Lipinski definition) is 3. The number of carboxylic acids is 1. The Morgan fingerprint density at radius 1 is 1.29 bits per heavy atom. The Bertz CT molecular complexity index is 707. The number of thiophene rings is 1. The molecule has 0 saturated carbocycles. The largest absolute Gasteiger partial charge is 0.481 e. The second kappa shape index (κ2) is 5.33. The third kappa shape index (κ3) is 2.34. The second-order valence-electron chi connectivity index (χ2n) is 5.13. The fourth-order valence-electron chi connectivity index (χ4n) is 2.74. The van der Waals surface area contributed by atoms with Gasteiger partial charge in [-0.3, -0.25) is 9.59 Å². The molecular weight excluding hydrogens is 286 g/mol. The fourth-order valence-corrected chi connectivity index (χ4v) is 3.62. The number of carbonyl (C=O) groups excluding carboxylic acids is 1. The normalized spacial score (nSPS) is 17.4. The predicted octanol–water partition coefficient (Wildman–Crippen LogP) is 3.28. The Hall–Kier alpha value is -2.14. The van der Waals surface area contributed by atoms with Crippen LogP contribution in [0.4, 0.5) is 5.69 Å². The van der Waals surface area contributed by atoms with Crippen molar-refractivity contribution in [2.45, 2.75) is 19.3 Å². The summed E-state index contributed by atoms with van der Waals surface area (Å²) in [6.45, 7) is 2.35. The van der Waals surface area contributed by atoms with E-state index >= 15 is 0 Å². The number of amides is 1. The molecule has 21 heavy (non-hydrogen) atoms. The van der Waals surface area contributed by atoms with Gasteiger partial charge in [-0.1, -0.05) is 18.2 Å². The number of nitrogens with zero attached hydrogens (tertiary/aromatic N) is 1. The van der Waals surface area contributed by atoms with Gasteiger partial charge in [-0.25, -0.2) is 0 Å². The standard InChI is InChI=1S/C16H15NO3S/c1-10-7-9-21-14(10)15(18)17-8-6-12(16(19)20)11-4-2-3-5-13(11)17/h2-5,7,9,12H,6,8H2,1H3,(H,19,20). The highest BCUT2D eigenvalue weighted by atomic mass is 32.1. The smallest absolute Gasteiger partial charge is 0.311 e. The van der Waals surface area contributed by atoms with Gasteiger partial charge in [0.2, 0.25) is 0 Å². The first-order chi connectivity index (χ1) is 10.1. The minimum absolute atomic E-state index is 0.0428. The SMILES string of the molecule is Cc1ccsc1C(=O)N1CCC(C(=O)O)c2ccccc21. The van der Waals surface area contributed by atoms with E-state index in [2.05, 4.69) is 0 Å². The molecule has 3 rings (SSSR count). The van der Waals surface area contributed by atoms with Crippen molar-refractivity contribution in [3.63, 3.8) is 0 Å². The van der Waals surface area contributed by atoms with E-state index < -0.39 is 11.9 Å². The first-order valence-electron chi connectivity index (χ1n) is 6.77. The van der Waals surface area contributed by atoms with Crippen LogP contribution in [0.15, 0.2) is 35.7 Å². The molecule has 1 aliphatic rings. The predicted molar refractivity (Wildman–Crippen MR) is 82.2 cm³/mol. The second-order valence-corrected chi connectivity index (χ2v) is 6.04. The monoisotopic (exact) mass is 301 g/mol. The molecular formula is C16H15NO3S. The van der Waals surface area contributed by atoms with E-state index in [1.807, 2.05) is 36.6 Å². The Labute approximate surface area is 126 Å². The van der Waals surface area contributed by atoms with Gasteiger partial charge in [0.05, 0.1) is 10.8 Å². The molecule has 0 fully saturated rings. The molecule has 108 valence electrons. The maximum absolute atomic E-state index is 12.7. The topological polar surface area (TPSA) is 57.6 Å². The van der Waals surface area contributed by atoms with Gasteiger partial charge in [0.25, 0.3) is 5.91 Å². The summed E-state index contributed by atoms with van der Waals surface area (Å²) in [4.78, 5) is 26.5. The van der Waals surface area contributed by atoms with Crippen LogP contribution < -0.4 is 4.90 Å². The molecule has 0 radical (unpaired) electrons. The maximum Gasteiger partial charge on any atom is 0.311 e. The van der Waals surface area contributed by atoms with Crippen LogP contribution in [0, 0.1) is 6.92 Å². The zero-order chi connectivity index (χ0) is 15.0. The number of carbonyl (C=O) groups is 2. The lowest BCUT2D eigenvalue weighted by atomic mass is 9.90. The molecule has 1 aliphatic heterocycles. The van der Waals surface area contributed by atoms with Crippen LogP contribution in [0.25, 0.3) is 0 Å². The van der Waals surface area contributed by atoms with E-state index in [-0.39, 0.29) is 5.91 Å². The van der Waals surface area contributed by atoms with Gasteiger partial charge in [0.15, 0.2) is 0 Å². The Morgan fingerprint density at radius 3 is 2.71 bits per heavy atom. The van der Waals surface area contributed by atoms with E-state index in [1.54, 1.807) is 11.0 Å². The molecule has 5 heteroatoms. The summed E-state index contributed by atoms with van der Waals surface area (Å²) in [5.74, 6) is -1.41. The van der Waals surface area contributed by atoms with Crippen molar-refractivity contribution in [3.8, 4) is 0 Å². The first-order valence-corrected chi connectivity index (χ1v) is 7.65. The van der Waals surface area contributed by atoms with E-state index in [4.69, 9.17) is 0 Å². The summed E-state index contributed by atoms with van der Waals surface area (Å²) < 4.78 is 0. The molecule has 2 heterocycles. The summed E-state index contributed by atoms with van der Waals surface area (Å²) in [5, 5.41) is 11.2. The number of para-hydroxylation sites is 1. The lowest BCUT2D eigenvalue weighted by molar-refractivity contribution is -0.139. The van der Waals surface area contributed by atoms with Crippen LogP contribution in [-0.4, -0.2) is 23.5 Å². The van der Waals surface area contributed by atoms with Crippen molar-refractivity contribution >= 4 is 28.9 Å². The summed E-state index contributed by atoms with van der Waals surface area (Å²) in [6, 6.07) is 9.21. The first kappa shape index (κ1) is 13.8. The number of anilines is 1. The number of fused-ring (bicyclic) bond motifs is 1. The number of aliphatic carboxylic acids is 1. The van der Waals surface area contributed by atoms with Gasteiger partial charge < -0.3 is 10.0 Å². The number of aryl methyl sites for hydroxylation is 1. The van der Waals surface area contributed by atoms with Crippen molar-refractivity contribution in [1.29, 1.82) is 0 Å². The van der Waals surface area contributed by atoms with E-state index in [9.17, 15) is 14.7 Å². The van der Waals surface area contributed by atoms with Crippen LogP contribution in [0.3, 0.4) is 0 Å². The lowest BCUT2D eigenvalue weighted by Gasteiger charge is -2.32. The average molecular weight is 301 g/mol. The molecule has 0 saturated heterocycles. The minimum Gasteiger partial charge on any atom is -0.481 e. The Kier molecular flexibility index (Phi) is 3.51. The lowest BCUT2D eigenvalue weighted by Crippen LogP contribution is -2.38. The molecule has 1 amide bonds. The molecule has 0 spiro atoms. The number of hydrogen-bond donors (Lipinski definition) is 1. The average Bonchev–Trinajstić information content (AvgIpc) is 2.91. The molecule has 0 bridgehead atoms. The van der Waals surface area contributed by atoms with Gasteiger partial charge in [0, 0.05) is 12.2 Å². The summed E-state index contributed by atoms with van der Waals surface area (Å²) in [5.41, 5.74) is 2.40. The van der Waals surface area contributed by atoms with Crippen molar-refractivity contribution in [2.75, 3.05) is 11.4 Å². The van der Waals surface area contributed by atoms with E-state index in [1.165, 1.54) is 11.3 Å². The quantitative estimate of drug-likeness (QED) is 0.926.